The molecule has 1 heterocycles. The predicted molar refractivity (Wildman–Crippen MR) is 80.4 cm³/mol. The van der Waals surface area contributed by atoms with Crippen molar-refractivity contribution in [2.75, 3.05) is 0 Å². The largest absolute Gasteiger partial charge is 0.489 e. The molecule has 0 amide bonds. The highest BCUT2D eigenvalue weighted by molar-refractivity contribution is 5.81. The van der Waals surface area contributed by atoms with Crippen LogP contribution >= 0.6 is 0 Å². The number of aromatic nitrogens is 1. The van der Waals surface area contributed by atoms with Crippen molar-refractivity contribution < 1.29 is 4.74 Å². The van der Waals surface area contributed by atoms with Gasteiger partial charge in [-0.05, 0) is 23.8 Å². The first-order chi connectivity index (χ1) is 9.86. The van der Waals surface area contributed by atoms with Gasteiger partial charge < -0.3 is 10.5 Å². The lowest BCUT2D eigenvalue weighted by atomic mass is 10.1. The van der Waals surface area contributed by atoms with E-state index in [1.807, 2.05) is 42.5 Å². The second-order valence-corrected chi connectivity index (χ2v) is 4.63. The second-order valence-electron chi connectivity index (χ2n) is 4.63. The minimum absolute atomic E-state index is 0.502. The summed E-state index contributed by atoms with van der Waals surface area (Å²) in [5.41, 5.74) is 8.78. The van der Waals surface area contributed by atoms with E-state index in [0.29, 0.717) is 13.2 Å². The number of benzene rings is 2. The number of para-hydroxylation sites is 1. The van der Waals surface area contributed by atoms with Crippen molar-refractivity contribution in [2.45, 2.75) is 13.2 Å². The molecule has 0 bridgehead atoms. The van der Waals surface area contributed by atoms with Crippen LogP contribution in [0.2, 0.25) is 0 Å². The van der Waals surface area contributed by atoms with Crippen LogP contribution in [-0.4, -0.2) is 4.98 Å². The van der Waals surface area contributed by atoms with E-state index < -0.39 is 0 Å². The first kappa shape index (κ1) is 12.6. The number of fused-ring (bicyclic) bond motifs is 1. The van der Waals surface area contributed by atoms with Crippen LogP contribution in [0.1, 0.15) is 11.1 Å². The molecule has 0 saturated carbocycles. The molecule has 20 heavy (non-hydrogen) atoms. The minimum Gasteiger partial charge on any atom is -0.489 e. The maximum Gasteiger partial charge on any atom is 0.120 e. The zero-order chi connectivity index (χ0) is 13.8. The van der Waals surface area contributed by atoms with Crippen molar-refractivity contribution in [2.24, 2.45) is 5.73 Å². The number of nitrogens with zero attached hydrogens (tertiary/aromatic N) is 1. The Morgan fingerprint density at radius 3 is 2.75 bits per heavy atom. The number of hydrogen-bond donors (Lipinski definition) is 1. The molecule has 3 nitrogen and oxygen atoms in total. The van der Waals surface area contributed by atoms with Gasteiger partial charge in [-0.1, -0.05) is 36.4 Å². The smallest absolute Gasteiger partial charge is 0.120 e. The molecule has 3 aromatic rings. The van der Waals surface area contributed by atoms with Crippen molar-refractivity contribution in [3.05, 3.63) is 71.9 Å². The Bertz CT molecular complexity index is 720. The molecule has 0 radical (unpaired) electrons. The maximum atomic E-state index is 5.85. The van der Waals surface area contributed by atoms with Crippen LogP contribution in [0, 0.1) is 0 Å². The molecule has 3 rings (SSSR count). The van der Waals surface area contributed by atoms with Crippen LogP contribution in [0.5, 0.6) is 5.75 Å². The summed E-state index contributed by atoms with van der Waals surface area (Å²) in [4.78, 5) is 4.43. The van der Waals surface area contributed by atoms with E-state index in [4.69, 9.17) is 10.5 Å². The van der Waals surface area contributed by atoms with Crippen LogP contribution in [0.4, 0.5) is 0 Å². The standard InChI is InChI=1S/C17H16N2O/c18-11-13-4-1-8-16(10-13)20-12-15-6-2-5-14-7-3-9-19-17(14)15/h1-10H,11-12,18H2. The molecule has 0 atom stereocenters. The number of nitrogens with two attached hydrogens (primary N) is 1. The van der Waals surface area contributed by atoms with E-state index in [1.165, 1.54) is 0 Å². The predicted octanol–water partition coefficient (Wildman–Crippen LogP) is 3.27. The lowest BCUT2D eigenvalue weighted by molar-refractivity contribution is 0.307. The molecule has 2 N–H and O–H groups in total. The fourth-order valence-corrected chi connectivity index (χ4v) is 2.21. The Hall–Kier alpha value is -2.39. The number of hydrogen-bond acceptors (Lipinski definition) is 3. The summed E-state index contributed by atoms with van der Waals surface area (Å²) < 4.78 is 5.85. The van der Waals surface area contributed by atoms with Crippen molar-refractivity contribution in [3.63, 3.8) is 0 Å². The van der Waals surface area contributed by atoms with Gasteiger partial charge in [-0.3, -0.25) is 4.98 Å². The monoisotopic (exact) mass is 264 g/mol. The maximum absolute atomic E-state index is 5.85. The molecule has 1 aromatic heterocycles. The van der Waals surface area contributed by atoms with Gasteiger partial charge in [-0.2, -0.15) is 0 Å². The average molecular weight is 264 g/mol. The fourth-order valence-electron chi connectivity index (χ4n) is 2.21. The van der Waals surface area contributed by atoms with Crippen molar-refractivity contribution in [1.29, 1.82) is 0 Å². The van der Waals surface area contributed by atoms with Crippen LogP contribution < -0.4 is 10.5 Å². The van der Waals surface area contributed by atoms with Gasteiger partial charge >= 0.3 is 0 Å². The molecule has 3 heteroatoms. The fraction of sp³-hybridized carbons (Fsp3) is 0.118. The zero-order valence-electron chi connectivity index (χ0n) is 11.1. The lowest BCUT2D eigenvalue weighted by Crippen LogP contribution is -1.99. The molecule has 0 aliphatic carbocycles. The van der Waals surface area contributed by atoms with E-state index in [1.54, 1.807) is 6.20 Å². The third-order valence-electron chi connectivity index (χ3n) is 3.24. The Kier molecular flexibility index (Phi) is 3.61. The summed E-state index contributed by atoms with van der Waals surface area (Å²) in [6.07, 6.45) is 1.81. The van der Waals surface area contributed by atoms with E-state index in [-0.39, 0.29) is 0 Å². The Labute approximate surface area is 118 Å². The van der Waals surface area contributed by atoms with E-state index in [0.717, 1.165) is 27.8 Å². The van der Waals surface area contributed by atoms with Gasteiger partial charge in [0.1, 0.15) is 12.4 Å². The summed E-state index contributed by atoms with van der Waals surface area (Å²) in [5, 5.41) is 1.13. The van der Waals surface area contributed by atoms with Gasteiger partial charge in [0.2, 0.25) is 0 Å². The Morgan fingerprint density at radius 1 is 1.00 bits per heavy atom. The Morgan fingerprint density at radius 2 is 1.85 bits per heavy atom. The Balaban J connectivity index is 1.83. The number of ether oxygens (including phenoxy) is 1. The van der Waals surface area contributed by atoms with Gasteiger partial charge in [-0.15, -0.1) is 0 Å². The summed E-state index contributed by atoms with van der Waals surface area (Å²) in [7, 11) is 0. The molecule has 0 fully saturated rings. The van der Waals surface area contributed by atoms with E-state index in [9.17, 15) is 0 Å². The lowest BCUT2D eigenvalue weighted by Gasteiger charge is -2.09. The van der Waals surface area contributed by atoms with Gasteiger partial charge in [0.05, 0.1) is 5.52 Å². The van der Waals surface area contributed by atoms with Crippen molar-refractivity contribution in [1.82, 2.24) is 4.98 Å². The molecule has 0 aliphatic rings. The number of pyridine rings is 1. The normalized spacial score (nSPS) is 10.7. The van der Waals surface area contributed by atoms with Crippen LogP contribution in [0.25, 0.3) is 10.9 Å². The summed E-state index contributed by atoms with van der Waals surface area (Å²) >= 11 is 0. The van der Waals surface area contributed by atoms with Gasteiger partial charge in [0, 0.05) is 23.7 Å². The highest BCUT2D eigenvalue weighted by Crippen LogP contribution is 2.19. The third kappa shape index (κ3) is 2.63. The highest BCUT2D eigenvalue weighted by atomic mass is 16.5. The molecule has 0 saturated heterocycles. The summed E-state index contributed by atoms with van der Waals surface area (Å²) in [6.45, 7) is 1.02. The van der Waals surface area contributed by atoms with Gasteiger partial charge in [0.25, 0.3) is 0 Å². The van der Waals surface area contributed by atoms with E-state index in [2.05, 4.69) is 17.1 Å². The molecule has 2 aromatic carbocycles. The van der Waals surface area contributed by atoms with Crippen molar-refractivity contribution >= 4 is 10.9 Å². The SMILES string of the molecule is NCc1cccc(OCc2cccc3cccnc23)c1. The topological polar surface area (TPSA) is 48.1 Å². The first-order valence-electron chi connectivity index (χ1n) is 6.61. The molecule has 100 valence electrons. The quantitative estimate of drug-likeness (QED) is 0.786. The van der Waals surface area contributed by atoms with E-state index >= 15 is 0 Å². The molecule has 0 spiro atoms. The summed E-state index contributed by atoms with van der Waals surface area (Å²) in [6, 6.07) is 18.0. The highest BCUT2D eigenvalue weighted by Gasteiger charge is 2.03. The molecular weight excluding hydrogens is 248 g/mol. The molecule has 0 aliphatic heterocycles. The van der Waals surface area contributed by atoms with Gasteiger partial charge in [-0.25, -0.2) is 0 Å². The van der Waals surface area contributed by atoms with Gasteiger partial charge in [0.15, 0.2) is 0 Å². The third-order valence-corrected chi connectivity index (χ3v) is 3.24. The molecular formula is C17H16N2O. The zero-order valence-corrected chi connectivity index (χ0v) is 11.1. The van der Waals surface area contributed by atoms with Crippen LogP contribution in [-0.2, 0) is 13.2 Å². The molecule has 0 unspecified atom stereocenters. The van der Waals surface area contributed by atoms with Crippen LogP contribution in [0.15, 0.2) is 60.8 Å². The van der Waals surface area contributed by atoms with Crippen molar-refractivity contribution in [3.8, 4) is 5.75 Å². The van der Waals surface area contributed by atoms with Crippen LogP contribution in [0.3, 0.4) is 0 Å². The number of rotatable bonds is 4. The average Bonchev–Trinajstić information content (AvgIpc) is 2.53. The summed E-state index contributed by atoms with van der Waals surface area (Å²) in [5.74, 6) is 0.834. The second kappa shape index (κ2) is 5.72. The minimum atomic E-state index is 0.502. The first-order valence-corrected chi connectivity index (χ1v) is 6.61.